The van der Waals surface area contributed by atoms with Gasteiger partial charge in [-0.1, -0.05) is 75.4 Å². The van der Waals surface area contributed by atoms with E-state index in [1.54, 1.807) is 24.4 Å². The number of pyridine rings is 1. The van der Waals surface area contributed by atoms with E-state index < -0.39 is 30.1 Å². The Kier molecular flexibility index (Phi) is 8.64. The highest BCUT2D eigenvalue weighted by atomic mass is 16.5. The van der Waals surface area contributed by atoms with Crippen LogP contribution >= 0.6 is 0 Å². The van der Waals surface area contributed by atoms with Crippen molar-refractivity contribution in [1.29, 1.82) is 0 Å². The van der Waals surface area contributed by atoms with Crippen LogP contribution in [0.15, 0.2) is 72.9 Å². The molecule has 1 heterocycles. The fraction of sp³-hybridized carbons (Fsp3) is 0.355. The van der Waals surface area contributed by atoms with Gasteiger partial charge in [-0.2, -0.15) is 0 Å². The third-order valence-electron chi connectivity index (χ3n) is 6.89. The van der Waals surface area contributed by atoms with E-state index in [0.29, 0.717) is 12.1 Å². The number of alkyl carbamates (subject to hydrolysis) is 1. The molecule has 0 saturated carbocycles. The summed E-state index contributed by atoms with van der Waals surface area (Å²) in [5.41, 5.74) is 4.88. The quantitative estimate of drug-likeness (QED) is 0.343. The van der Waals surface area contributed by atoms with Crippen molar-refractivity contribution in [3.63, 3.8) is 0 Å². The van der Waals surface area contributed by atoms with E-state index >= 15 is 0 Å². The van der Waals surface area contributed by atoms with Gasteiger partial charge in [0.05, 0.1) is 0 Å². The molecule has 0 spiro atoms. The number of carbonyl (C=O) groups is 3. The largest absolute Gasteiger partial charge is 0.480 e. The van der Waals surface area contributed by atoms with Gasteiger partial charge in [-0.05, 0) is 52.6 Å². The standard InChI is InChI=1S/C31H35N3O5/c1-31(2,3)16-15-26(29(36)37)33-28(35)27(18-20-10-8-9-17-32-20)34-30(38)39-19-25-23-13-6-4-11-21(23)22-12-5-7-14-24(22)25/h4-14,17,25-27H,15-16,18-19H2,1-3H3,(H,33,35)(H,34,38)(H,36,37). The molecule has 1 aromatic heterocycles. The van der Waals surface area contributed by atoms with Gasteiger partial charge in [0.25, 0.3) is 0 Å². The number of rotatable bonds is 10. The number of aliphatic carboxylic acids is 1. The first-order valence-corrected chi connectivity index (χ1v) is 13.2. The molecule has 2 aromatic carbocycles. The average Bonchev–Trinajstić information content (AvgIpc) is 3.23. The van der Waals surface area contributed by atoms with Gasteiger partial charge < -0.3 is 20.5 Å². The first-order valence-electron chi connectivity index (χ1n) is 13.2. The van der Waals surface area contributed by atoms with Gasteiger partial charge in [-0.25, -0.2) is 9.59 Å². The number of carboxylic acid groups (broad SMARTS) is 1. The van der Waals surface area contributed by atoms with Crippen LogP contribution in [0.3, 0.4) is 0 Å². The minimum absolute atomic E-state index is 0.0858. The molecule has 2 atom stereocenters. The number of ether oxygens (including phenoxy) is 1. The number of nitrogens with zero attached hydrogens (tertiary/aromatic N) is 1. The van der Waals surface area contributed by atoms with Crippen LogP contribution in [0.25, 0.3) is 11.1 Å². The molecular weight excluding hydrogens is 494 g/mol. The third-order valence-corrected chi connectivity index (χ3v) is 6.89. The Morgan fingerprint density at radius 2 is 1.51 bits per heavy atom. The van der Waals surface area contributed by atoms with Crippen molar-refractivity contribution in [2.75, 3.05) is 6.61 Å². The number of hydrogen-bond donors (Lipinski definition) is 3. The van der Waals surface area contributed by atoms with Crippen LogP contribution in [0, 0.1) is 5.41 Å². The van der Waals surface area contributed by atoms with E-state index in [2.05, 4.69) is 27.8 Å². The minimum atomic E-state index is -1.12. The Bertz CT molecular complexity index is 1270. The van der Waals surface area contributed by atoms with Crippen molar-refractivity contribution < 1.29 is 24.2 Å². The number of aromatic nitrogens is 1. The van der Waals surface area contributed by atoms with Gasteiger partial charge in [0.2, 0.25) is 5.91 Å². The van der Waals surface area contributed by atoms with E-state index in [0.717, 1.165) is 22.3 Å². The molecule has 2 amide bonds. The number of fused-ring (bicyclic) bond motifs is 3. The Balaban J connectivity index is 1.45. The Morgan fingerprint density at radius 3 is 2.08 bits per heavy atom. The molecule has 39 heavy (non-hydrogen) atoms. The van der Waals surface area contributed by atoms with Crippen molar-refractivity contribution in [3.8, 4) is 11.1 Å². The van der Waals surface area contributed by atoms with Crippen molar-refractivity contribution in [1.82, 2.24) is 15.6 Å². The normalized spacial score (nSPS) is 14.0. The Labute approximate surface area is 228 Å². The van der Waals surface area contributed by atoms with Crippen molar-refractivity contribution in [3.05, 3.63) is 89.7 Å². The summed E-state index contributed by atoms with van der Waals surface area (Å²) in [6, 6.07) is 19.2. The fourth-order valence-corrected chi connectivity index (χ4v) is 4.83. The summed E-state index contributed by atoms with van der Waals surface area (Å²) in [6.07, 6.45) is 1.80. The smallest absolute Gasteiger partial charge is 0.407 e. The van der Waals surface area contributed by atoms with E-state index in [1.807, 2.05) is 57.2 Å². The minimum Gasteiger partial charge on any atom is -0.480 e. The number of carboxylic acids is 1. The van der Waals surface area contributed by atoms with Crippen LogP contribution in [0.5, 0.6) is 0 Å². The zero-order valence-corrected chi connectivity index (χ0v) is 22.5. The summed E-state index contributed by atoms with van der Waals surface area (Å²) in [7, 11) is 0. The zero-order valence-electron chi connectivity index (χ0n) is 22.5. The lowest BCUT2D eigenvalue weighted by atomic mass is 9.88. The lowest BCUT2D eigenvalue weighted by Gasteiger charge is -2.24. The van der Waals surface area contributed by atoms with Gasteiger partial charge in [0.1, 0.15) is 18.7 Å². The highest BCUT2D eigenvalue weighted by molar-refractivity contribution is 5.89. The molecule has 3 aromatic rings. The molecule has 1 aliphatic rings. The maximum absolute atomic E-state index is 13.2. The van der Waals surface area contributed by atoms with Crippen molar-refractivity contribution in [2.24, 2.45) is 5.41 Å². The van der Waals surface area contributed by atoms with E-state index in [-0.39, 0.29) is 30.8 Å². The second-order valence-electron chi connectivity index (χ2n) is 11.0. The van der Waals surface area contributed by atoms with E-state index in [1.165, 1.54) is 0 Å². The maximum Gasteiger partial charge on any atom is 0.407 e. The molecule has 0 bridgehead atoms. The number of nitrogens with one attached hydrogen (secondary N) is 2. The Morgan fingerprint density at radius 1 is 0.897 bits per heavy atom. The lowest BCUT2D eigenvalue weighted by molar-refractivity contribution is -0.142. The Hall–Kier alpha value is -4.20. The highest BCUT2D eigenvalue weighted by Gasteiger charge is 2.31. The number of hydrogen-bond acceptors (Lipinski definition) is 5. The molecule has 0 saturated heterocycles. The summed E-state index contributed by atoms with van der Waals surface area (Å²) < 4.78 is 5.64. The van der Waals surface area contributed by atoms with E-state index in [9.17, 15) is 19.5 Å². The van der Waals surface area contributed by atoms with Crippen LogP contribution in [0.1, 0.15) is 56.4 Å². The molecule has 204 valence electrons. The molecule has 3 N–H and O–H groups in total. The summed E-state index contributed by atoms with van der Waals surface area (Å²) in [4.78, 5) is 42.3. The predicted octanol–water partition coefficient (Wildman–Crippen LogP) is 4.93. The molecule has 1 aliphatic carbocycles. The maximum atomic E-state index is 13.2. The summed E-state index contributed by atoms with van der Waals surface area (Å²) >= 11 is 0. The fourth-order valence-electron chi connectivity index (χ4n) is 4.83. The molecule has 0 radical (unpaired) electrons. The number of carbonyl (C=O) groups excluding carboxylic acids is 2. The highest BCUT2D eigenvalue weighted by Crippen LogP contribution is 2.44. The second-order valence-corrected chi connectivity index (χ2v) is 11.0. The van der Waals surface area contributed by atoms with Gasteiger partial charge in [0, 0.05) is 24.2 Å². The van der Waals surface area contributed by atoms with Crippen molar-refractivity contribution >= 4 is 18.0 Å². The lowest BCUT2D eigenvalue weighted by Crippen LogP contribution is -2.52. The van der Waals surface area contributed by atoms with Crippen LogP contribution in [-0.4, -0.2) is 46.8 Å². The molecule has 2 unspecified atom stereocenters. The van der Waals surface area contributed by atoms with Gasteiger partial charge >= 0.3 is 12.1 Å². The molecule has 0 fully saturated rings. The van der Waals surface area contributed by atoms with Gasteiger partial charge in [-0.15, -0.1) is 0 Å². The van der Waals surface area contributed by atoms with Crippen LogP contribution < -0.4 is 10.6 Å². The molecule has 8 nitrogen and oxygen atoms in total. The summed E-state index contributed by atoms with van der Waals surface area (Å²) in [6.45, 7) is 6.13. The van der Waals surface area contributed by atoms with E-state index in [4.69, 9.17) is 4.74 Å². The third kappa shape index (κ3) is 7.22. The van der Waals surface area contributed by atoms with Crippen LogP contribution in [0.4, 0.5) is 4.79 Å². The average molecular weight is 530 g/mol. The van der Waals surface area contributed by atoms with Gasteiger partial charge in [0.15, 0.2) is 0 Å². The zero-order chi connectivity index (χ0) is 28.0. The van der Waals surface area contributed by atoms with Gasteiger partial charge in [-0.3, -0.25) is 9.78 Å². The van der Waals surface area contributed by atoms with Crippen LogP contribution in [0.2, 0.25) is 0 Å². The monoisotopic (exact) mass is 529 g/mol. The summed E-state index contributed by atoms with van der Waals surface area (Å²) in [5.74, 6) is -1.85. The SMILES string of the molecule is CC(C)(C)CCC(NC(=O)C(Cc1ccccn1)NC(=O)OCC1c2ccccc2-c2ccccc21)C(=O)O. The summed E-state index contributed by atoms with van der Waals surface area (Å²) in [5, 5.41) is 14.9. The molecule has 0 aliphatic heterocycles. The van der Waals surface area contributed by atoms with Crippen LogP contribution in [-0.2, 0) is 20.7 Å². The molecule has 4 rings (SSSR count). The number of amides is 2. The second kappa shape index (κ2) is 12.1. The van der Waals surface area contributed by atoms with Crippen molar-refractivity contribution in [2.45, 2.75) is 58.0 Å². The topological polar surface area (TPSA) is 118 Å². The first kappa shape index (κ1) is 27.8. The molecular formula is C31H35N3O5. The number of benzene rings is 2. The molecule has 8 heteroatoms. The predicted molar refractivity (Wildman–Crippen MR) is 148 cm³/mol. The first-order chi connectivity index (χ1) is 18.6.